The fourth-order valence-electron chi connectivity index (χ4n) is 4.74. The van der Waals surface area contributed by atoms with Crippen molar-refractivity contribution < 1.29 is 14.4 Å². The van der Waals surface area contributed by atoms with Crippen LogP contribution in [0.3, 0.4) is 0 Å². The molecule has 1 unspecified atom stereocenters. The lowest BCUT2D eigenvalue weighted by molar-refractivity contribution is 0.409. The van der Waals surface area contributed by atoms with E-state index in [4.69, 9.17) is 4.74 Å². The Morgan fingerprint density at radius 2 is 1.24 bits per heavy atom. The third kappa shape index (κ3) is 3.69. The maximum atomic E-state index is 15.6. The molecule has 0 aliphatic rings. The number of para-hydroxylation sites is 1. The van der Waals surface area contributed by atoms with Crippen molar-refractivity contribution in [2.24, 2.45) is 0 Å². The molecule has 0 heterocycles. The Morgan fingerprint density at radius 1 is 0.676 bits per heavy atom. The lowest BCUT2D eigenvalue weighted by Crippen LogP contribution is -2.23. The Kier molecular flexibility index (Phi) is 5.96. The van der Waals surface area contributed by atoms with E-state index in [1.165, 1.54) is 0 Å². The molecule has 0 aromatic heterocycles. The molecule has 5 aromatic carbocycles. The van der Waals surface area contributed by atoms with Crippen molar-refractivity contribution >= 4 is 28.5 Å². The highest BCUT2D eigenvalue weighted by atomic mass is 31.2. The summed E-state index contributed by atoms with van der Waals surface area (Å²) in [5.41, 5.74) is 0.742. The number of ether oxygens (including phenoxy) is 1. The summed E-state index contributed by atoms with van der Waals surface area (Å²) in [5.74, 6) is 0.744. The summed E-state index contributed by atoms with van der Waals surface area (Å²) in [7, 11) is -1.77. The first-order chi connectivity index (χ1) is 16.6. The predicted octanol–water partition coefficient (Wildman–Crippen LogP) is 6.66. The summed E-state index contributed by atoms with van der Waals surface area (Å²) in [5, 5.41) is 14.6. The van der Waals surface area contributed by atoms with Crippen LogP contribution in [0.25, 0.3) is 10.8 Å². The molecule has 3 nitrogen and oxygen atoms in total. The van der Waals surface area contributed by atoms with Gasteiger partial charge in [0.1, 0.15) is 11.5 Å². The Balaban J connectivity index is 1.95. The lowest BCUT2D eigenvalue weighted by Gasteiger charge is -2.32. The highest BCUT2D eigenvalue weighted by Crippen LogP contribution is 2.63. The Hall–Kier alpha value is -3.81. The van der Waals surface area contributed by atoms with Crippen molar-refractivity contribution in [1.29, 1.82) is 0 Å². The molecule has 0 amide bonds. The molecule has 0 saturated heterocycles. The summed E-state index contributed by atoms with van der Waals surface area (Å²) in [6.07, 6.45) is 0. The number of methoxy groups -OCH3 is 1. The van der Waals surface area contributed by atoms with Crippen molar-refractivity contribution in [2.75, 3.05) is 7.11 Å². The maximum absolute atomic E-state index is 15.6. The zero-order valence-corrected chi connectivity index (χ0v) is 19.7. The molecule has 1 atom stereocenters. The predicted molar refractivity (Wildman–Crippen MR) is 140 cm³/mol. The zero-order chi connectivity index (χ0) is 23.5. The monoisotopic (exact) mass is 464 g/mol. The number of hydrogen-bond donors (Lipinski definition) is 1. The Morgan fingerprint density at radius 3 is 1.88 bits per heavy atom. The molecular weight excluding hydrogens is 439 g/mol. The largest absolute Gasteiger partial charge is 0.508 e. The molecule has 1 N–H and O–H groups in total. The van der Waals surface area contributed by atoms with Gasteiger partial charge < -0.3 is 14.4 Å². The van der Waals surface area contributed by atoms with Gasteiger partial charge in [-0.3, -0.25) is 0 Å². The van der Waals surface area contributed by atoms with Gasteiger partial charge in [-0.1, -0.05) is 109 Å². The molecule has 0 fully saturated rings. The number of aromatic hydroxyl groups is 1. The summed E-state index contributed by atoms with van der Waals surface area (Å²) >= 11 is 0. The highest BCUT2D eigenvalue weighted by Gasteiger charge is 2.42. The summed E-state index contributed by atoms with van der Waals surface area (Å²) in [6, 6.07) is 38.3. The molecule has 4 heteroatoms. The van der Waals surface area contributed by atoms with E-state index in [9.17, 15) is 5.11 Å². The molecule has 5 rings (SSSR count). The van der Waals surface area contributed by atoms with Crippen molar-refractivity contribution in [3.05, 3.63) is 132 Å². The van der Waals surface area contributed by atoms with E-state index in [0.29, 0.717) is 11.3 Å². The summed E-state index contributed by atoms with van der Waals surface area (Å²) in [6.45, 7) is 0. The number of benzene rings is 5. The second kappa shape index (κ2) is 9.21. The van der Waals surface area contributed by atoms with Gasteiger partial charge in [-0.25, -0.2) is 0 Å². The first kappa shape index (κ1) is 22.0. The van der Waals surface area contributed by atoms with Crippen LogP contribution in [0.1, 0.15) is 16.8 Å². The molecule has 5 aromatic rings. The third-order valence-electron chi connectivity index (χ3n) is 6.30. The van der Waals surface area contributed by atoms with E-state index in [1.807, 2.05) is 115 Å². The number of rotatable bonds is 6. The summed E-state index contributed by atoms with van der Waals surface area (Å²) < 4.78 is 21.4. The van der Waals surface area contributed by atoms with Crippen LogP contribution < -0.4 is 15.3 Å². The van der Waals surface area contributed by atoms with Crippen LogP contribution in [0.2, 0.25) is 0 Å². The van der Waals surface area contributed by atoms with E-state index >= 15 is 4.57 Å². The molecule has 0 saturated carbocycles. The zero-order valence-electron chi connectivity index (χ0n) is 18.8. The van der Waals surface area contributed by atoms with Gasteiger partial charge in [-0.2, -0.15) is 0 Å². The van der Waals surface area contributed by atoms with E-state index in [2.05, 4.69) is 0 Å². The molecule has 168 valence electrons. The second-order valence-corrected chi connectivity index (χ2v) is 11.1. The van der Waals surface area contributed by atoms with Gasteiger partial charge in [-0.15, -0.1) is 0 Å². The van der Waals surface area contributed by atoms with Crippen LogP contribution in [0.5, 0.6) is 11.5 Å². The van der Waals surface area contributed by atoms with Crippen LogP contribution in [-0.2, 0) is 4.57 Å². The van der Waals surface area contributed by atoms with E-state index in [-0.39, 0.29) is 5.75 Å². The van der Waals surface area contributed by atoms with Gasteiger partial charge in [-0.05, 0) is 22.9 Å². The number of phenols is 1. The van der Waals surface area contributed by atoms with Gasteiger partial charge in [0.15, 0.2) is 7.14 Å². The van der Waals surface area contributed by atoms with Crippen LogP contribution >= 0.6 is 7.14 Å². The number of hydrogen-bond acceptors (Lipinski definition) is 3. The molecule has 0 radical (unpaired) electrons. The van der Waals surface area contributed by atoms with Crippen molar-refractivity contribution in [3.8, 4) is 11.5 Å². The minimum absolute atomic E-state index is 0.113. The molecular formula is C30H25O3P. The molecule has 34 heavy (non-hydrogen) atoms. The van der Waals surface area contributed by atoms with Crippen molar-refractivity contribution in [1.82, 2.24) is 0 Å². The van der Waals surface area contributed by atoms with E-state index in [1.54, 1.807) is 13.2 Å². The maximum Gasteiger partial charge on any atom is 0.154 e. The van der Waals surface area contributed by atoms with Crippen molar-refractivity contribution in [2.45, 2.75) is 5.66 Å². The first-order valence-electron chi connectivity index (χ1n) is 11.2. The minimum Gasteiger partial charge on any atom is -0.508 e. The van der Waals surface area contributed by atoms with E-state index < -0.39 is 12.8 Å². The number of fused-ring (bicyclic) bond motifs is 1. The second-order valence-electron chi connectivity index (χ2n) is 8.19. The SMILES string of the molecule is COc1ccccc1C(c1c(O)ccc2ccccc12)P(=O)(c1ccccc1)c1ccccc1. The van der Waals surface area contributed by atoms with Crippen LogP contribution in [-0.4, -0.2) is 12.2 Å². The van der Waals surface area contributed by atoms with Gasteiger partial charge >= 0.3 is 0 Å². The van der Waals surface area contributed by atoms with Gasteiger partial charge in [0, 0.05) is 21.7 Å². The average molecular weight is 465 g/mol. The normalized spacial score (nSPS) is 12.4. The highest BCUT2D eigenvalue weighted by molar-refractivity contribution is 7.79. The van der Waals surface area contributed by atoms with Gasteiger partial charge in [0.25, 0.3) is 0 Å². The smallest absolute Gasteiger partial charge is 0.154 e. The fraction of sp³-hybridized carbons (Fsp3) is 0.0667. The van der Waals surface area contributed by atoms with Crippen LogP contribution in [0.15, 0.2) is 121 Å². The Bertz CT molecular complexity index is 1440. The standard InChI is InChI=1S/C30H25O3P/c1-33-28-19-11-10-18-26(28)30(29-25-17-9-8-12-22(25)20-21-27(29)31)34(32,23-13-4-2-5-14-23)24-15-6-3-7-16-24/h2-21,30-31H,1H3. The quantitative estimate of drug-likeness (QED) is 0.286. The molecule has 0 spiro atoms. The van der Waals surface area contributed by atoms with Crippen molar-refractivity contribution in [3.63, 3.8) is 0 Å². The fourth-order valence-corrected chi connectivity index (χ4v) is 8.11. The summed E-state index contributed by atoms with van der Waals surface area (Å²) in [4.78, 5) is 0. The first-order valence-corrected chi connectivity index (χ1v) is 13.0. The molecule has 0 aliphatic heterocycles. The third-order valence-corrected chi connectivity index (χ3v) is 9.69. The minimum atomic E-state index is -3.39. The van der Waals surface area contributed by atoms with Gasteiger partial charge in [0.05, 0.1) is 12.8 Å². The van der Waals surface area contributed by atoms with Crippen LogP contribution in [0.4, 0.5) is 0 Å². The molecule has 0 aliphatic carbocycles. The number of phenolic OH excluding ortho intramolecular Hbond substituents is 1. The van der Waals surface area contributed by atoms with E-state index in [0.717, 1.165) is 26.9 Å². The van der Waals surface area contributed by atoms with Crippen LogP contribution in [0, 0.1) is 0 Å². The Labute approximate surface area is 199 Å². The molecule has 0 bridgehead atoms. The lowest BCUT2D eigenvalue weighted by atomic mass is 9.96. The topological polar surface area (TPSA) is 46.5 Å². The van der Waals surface area contributed by atoms with Gasteiger partial charge in [0.2, 0.25) is 0 Å². The average Bonchev–Trinajstić information content (AvgIpc) is 2.91.